The summed E-state index contributed by atoms with van der Waals surface area (Å²) in [5.74, 6) is 0.254. The van der Waals surface area contributed by atoms with E-state index in [2.05, 4.69) is 20.5 Å². The largest absolute Gasteiger partial charge is 0.291 e. The van der Waals surface area contributed by atoms with Crippen LogP contribution in [0.15, 0.2) is 40.4 Å². The Morgan fingerprint density at radius 1 is 1.33 bits per heavy atom. The molecule has 0 fully saturated rings. The van der Waals surface area contributed by atoms with E-state index in [1.165, 1.54) is 18.5 Å². The quantitative estimate of drug-likeness (QED) is 0.671. The maximum atomic E-state index is 11.0. The van der Waals surface area contributed by atoms with Gasteiger partial charge in [-0.1, -0.05) is 29.3 Å². The minimum Gasteiger partial charge on any atom is -0.291 e. The third-order valence-electron chi connectivity index (χ3n) is 2.01. The van der Waals surface area contributed by atoms with Gasteiger partial charge in [-0.2, -0.15) is 5.10 Å². The number of H-pyrrole nitrogens is 1. The highest BCUT2D eigenvalue weighted by atomic mass is 35.5. The van der Waals surface area contributed by atoms with Crippen LogP contribution in [0.3, 0.4) is 0 Å². The van der Waals surface area contributed by atoms with Crippen molar-refractivity contribution in [3.05, 3.63) is 56.4 Å². The summed E-state index contributed by atoms with van der Waals surface area (Å²) < 4.78 is 0. The van der Waals surface area contributed by atoms with E-state index < -0.39 is 0 Å². The molecule has 0 aliphatic heterocycles. The van der Waals surface area contributed by atoms with E-state index in [0.717, 1.165) is 0 Å². The van der Waals surface area contributed by atoms with Crippen molar-refractivity contribution in [2.75, 3.05) is 5.43 Å². The molecule has 92 valence electrons. The smallest absolute Gasteiger partial charge is 0.252 e. The molecule has 5 nitrogen and oxygen atoms in total. The fourth-order valence-corrected chi connectivity index (χ4v) is 1.65. The summed E-state index contributed by atoms with van der Waals surface area (Å²) >= 11 is 11.7. The zero-order chi connectivity index (χ0) is 13.0. The normalized spacial score (nSPS) is 10.8. The zero-order valence-electron chi connectivity index (χ0n) is 9.02. The van der Waals surface area contributed by atoms with Gasteiger partial charge in [0.05, 0.1) is 11.2 Å². The van der Waals surface area contributed by atoms with E-state index >= 15 is 0 Å². The van der Waals surface area contributed by atoms with Gasteiger partial charge in [0.25, 0.3) is 5.56 Å². The molecule has 2 aromatic rings. The van der Waals surface area contributed by atoms with Crippen LogP contribution in [-0.2, 0) is 0 Å². The molecule has 0 atom stereocenters. The minimum atomic E-state index is -0.257. The lowest BCUT2D eigenvalue weighted by atomic mass is 10.2. The second-order valence-electron chi connectivity index (χ2n) is 3.32. The molecule has 2 N–H and O–H groups in total. The number of hydrogen-bond donors (Lipinski definition) is 2. The Hall–Kier alpha value is -1.85. The minimum absolute atomic E-state index is 0.254. The zero-order valence-corrected chi connectivity index (χ0v) is 10.5. The number of halogens is 2. The van der Waals surface area contributed by atoms with Crippen LogP contribution in [0.1, 0.15) is 5.56 Å². The Bertz CT molecular complexity index is 639. The van der Waals surface area contributed by atoms with Gasteiger partial charge in [0.1, 0.15) is 0 Å². The number of rotatable bonds is 3. The summed E-state index contributed by atoms with van der Waals surface area (Å²) in [6, 6.07) is 6.37. The van der Waals surface area contributed by atoms with Gasteiger partial charge < -0.3 is 0 Å². The molecule has 0 saturated carbocycles. The Morgan fingerprint density at radius 2 is 2.17 bits per heavy atom. The molecule has 0 saturated heterocycles. The molecule has 1 aromatic heterocycles. The molecule has 0 unspecified atom stereocenters. The first kappa shape index (κ1) is 12.6. The summed E-state index contributed by atoms with van der Waals surface area (Å²) in [5, 5.41) is 4.95. The number of hydrogen-bond acceptors (Lipinski definition) is 4. The van der Waals surface area contributed by atoms with Gasteiger partial charge in [-0.3, -0.25) is 9.78 Å². The van der Waals surface area contributed by atoms with Crippen LogP contribution in [0.25, 0.3) is 0 Å². The predicted octanol–water partition coefficient (Wildman–Crippen LogP) is 2.52. The third-order valence-corrected chi connectivity index (χ3v) is 2.57. The summed E-state index contributed by atoms with van der Waals surface area (Å²) in [5.41, 5.74) is 3.03. The molecule has 1 heterocycles. The Balaban J connectivity index is 2.10. The van der Waals surface area contributed by atoms with Crippen LogP contribution in [0.5, 0.6) is 0 Å². The van der Waals surface area contributed by atoms with Crippen LogP contribution in [0, 0.1) is 0 Å². The van der Waals surface area contributed by atoms with Crippen LogP contribution in [0.4, 0.5) is 5.95 Å². The fraction of sp³-hybridized carbons (Fsp3) is 0. The van der Waals surface area contributed by atoms with E-state index in [0.29, 0.717) is 15.6 Å². The Morgan fingerprint density at radius 3 is 2.89 bits per heavy atom. The Labute approximate surface area is 112 Å². The number of nitrogens with zero attached hydrogens (tertiary/aromatic N) is 2. The molecule has 0 bridgehead atoms. The van der Waals surface area contributed by atoms with Crippen molar-refractivity contribution < 1.29 is 0 Å². The van der Waals surface area contributed by atoms with Crippen LogP contribution in [-0.4, -0.2) is 16.2 Å². The van der Waals surface area contributed by atoms with Gasteiger partial charge in [-0.05, 0) is 12.1 Å². The SMILES string of the molecule is O=c1ccnc(N/N=C/c2ccc(Cl)cc2Cl)[nH]1. The fourth-order valence-electron chi connectivity index (χ4n) is 1.20. The average Bonchev–Trinajstić information content (AvgIpc) is 2.32. The van der Waals surface area contributed by atoms with E-state index in [1.807, 2.05) is 0 Å². The molecule has 1 aromatic carbocycles. The summed E-state index contributed by atoms with van der Waals surface area (Å²) in [4.78, 5) is 17.3. The van der Waals surface area contributed by atoms with Crippen molar-refractivity contribution in [1.29, 1.82) is 0 Å². The van der Waals surface area contributed by atoms with Gasteiger partial charge in [0.2, 0.25) is 5.95 Å². The molecule has 0 amide bonds. The van der Waals surface area contributed by atoms with Crippen molar-refractivity contribution in [2.45, 2.75) is 0 Å². The van der Waals surface area contributed by atoms with Gasteiger partial charge in [-0.25, -0.2) is 10.4 Å². The summed E-state index contributed by atoms with van der Waals surface area (Å²) in [6.07, 6.45) is 2.89. The first-order valence-corrected chi connectivity index (χ1v) is 5.70. The van der Waals surface area contributed by atoms with Gasteiger partial charge in [0.15, 0.2) is 0 Å². The van der Waals surface area contributed by atoms with Gasteiger partial charge >= 0.3 is 0 Å². The standard InChI is InChI=1S/C11H8Cl2N4O/c12-8-2-1-7(9(13)5-8)6-15-17-11-14-4-3-10(18)16-11/h1-6H,(H2,14,16,17,18)/b15-6+. The maximum Gasteiger partial charge on any atom is 0.252 e. The van der Waals surface area contributed by atoms with Crippen molar-refractivity contribution in [3.63, 3.8) is 0 Å². The number of aromatic amines is 1. The maximum absolute atomic E-state index is 11.0. The second-order valence-corrected chi connectivity index (χ2v) is 4.16. The third kappa shape index (κ3) is 3.32. The molecule has 7 heteroatoms. The molecule has 2 rings (SSSR count). The van der Waals surface area contributed by atoms with Crippen molar-refractivity contribution in [2.24, 2.45) is 5.10 Å². The number of benzene rings is 1. The molecule has 0 aliphatic rings. The van der Waals surface area contributed by atoms with Crippen LogP contribution in [0.2, 0.25) is 10.0 Å². The van der Waals surface area contributed by atoms with E-state index in [1.54, 1.807) is 18.2 Å². The number of hydrazone groups is 1. The highest BCUT2D eigenvalue weighted by Gasteiger charge is 1.98. The predicted molar refractivity (Wildman–Crippen MR) is 72.5 cm³/mol. The van der Waals surface area contributed by atoms with Gasteiger partial charge in [0, 0.05) is 22.8 Å². The Kier molecular flexibility index (Phi) is 3.96. The molecular weight excluding hydrogens is 275 g/mol. The first-order valence-electron chi connectivity index (χ1n) is 4.94. The number of nitrogens with one attached hydrogen (secondary N) is 2. The second kappa shape index (κ2) is 5.66. The molecule has 0 radical (unpaired) electrons. The number of anilines is 1. The summed E-state index contributed by atoms with van der Waals surface area (Å²) in [6.45, 7) is 0. The lowest BCUT2D eigenvalue weighted by Crippen LogP contribution is -2.07. The highest BCUT2D eigenvalue weighted by molar-refractivity contribution is 6.36. The van der Waals surface area contributed by atoms with Crippen molar-refractivity contribution in [3.8, 4) is 0 Å². The number of aromatic nitrogens is 2. The monoisotopic (exact) mass is 282 g/mol. The molecule has 0 aliphatic carbocycles. The van der Waals surface area contributed by atoms with Crippen molar-refractivity contribution >= 4 is 35.4 Å². The van der Waals surface area contributed by atoms with E-state index in [4.69, 9.17) is 23.2 Å². The van der Waals surface area contributed by atoms with E-state index in [-0.39, 0.29) is 11.5 Å². The first-order chi connectivity index (χ1) is 8.65. The molecule has 0 spiro atoms. The van der Waals surface area contributed by atoms with Crippen molar-refractivity contribution in [1.82, 2.24) is 9.97 Å². The average molecular weight is 283 g/mol. The topological polar surface area (TPSA) is 70.1 Å². The lowest BCUT2D eigenvalue weighted by molar-refractivity contribution is 1.08. The van der Waals surface area contributed by atoms with Gasteiger partial charge in [-0.15, -0.1) is 0 Å². The summed E-state index contributed by atoms with van der Waals surface area (Å²) in [7, 11) is 0. The molecular formula is C11H8Cl2N4O. The highest BCUT2D eigenvalue weighted by Crippen LogP contribution is 2.19. The van der Waals surface area contributed by atoms with Crippen LogP contribution >= 0.6 is 23.2 Å². The lowest BCUT2D eigenvalue weighted by Gasteiger charge is -1.99. The van der Waals surface area contributed by atoms with E-state index in [9.17, 15) is 4.79 Å². The van der Waals surface area contributed by atoms with Crippen LogP contribution < -0.4 is 11.0 Å². The molecule has 18 heavy (non-hydrogen) atoms.